The quantitative estimate of drug-likeness (QED) is 0.865. The molecule has 1 atom stereocenters. The molecule has 5 heteroatoms. The molecule has 0 spiro atoms. The predicted octanol–water partition coefficient (Wildman–Crippen LogP) is 2.41. The molecule has 15 heavy (non-hydrogen) atoms. The van der Waals surface area contributed by atoms with E-state index in [1.54, 1.807) is 0 Å². The zero-order valence-electron chi connectivity index (χ0n) is 8.59. The van der Waals surface area contributed by atoms with E-state index in [1.165, 1.54) is 16.7 Å². The van der Waals surface area contributed by atoms with E-state index in [0.717, 1.165) is 37.9 Å². The van der Waals surface area contributed by atoms with Gasteiger partial charge in [0.15, 0.2) is 0 Å². The Bertz CT molecular complexity index is 326. The average Bonchev–Trinajstić information content (AvgIpc) is 2.73. The Morgan fingerprint density at radius 1 is 1.67 bits per heavy atom. The highest BCUT2D eigenvalue weighted by atomic mass is 32.1. The van der Waals surface area contributed by atoms with Crippen LogP contribution in [0, 0.1) is 5.92 Å². The summed E-state index contributed by atoms with van der Waals surface area (Å²) in [6.07, 6.45) is 1.95. The number of halogens is 2. The number of thiazole rings is 1. The van der Waals surface area contributed by atoms with E-state index < -0.39 is 5.92 Å². The van der Waals surface area contributed by atoms with Crippen LogP contribution in [0.2, 0.25) is 0 Å². The van der Waals surface area contributed by atoms with Crippen molar-refractivity contribution in [1.82, 2.24) is 10.3 Å². The topological polar surface area (TPSA) is 24.9 Å². The molecule has 2 heterocycles. The minimum absolute atomic E-state index is 0.0894. The first-order chi connectivity index (χ1) is 7.05. The molecule has 1 saturated heterocycles. The van der Waals surface area contributed by atoms with Gasteiger partial charge < -0.3 is 5.32 Å². The van der Waals surface area contributed by atoms with Gasteiger partial charge in [-0.15, -0.1) is 11.3 Å². The third-order valence-electron chi connectivity index (χ3n) is 2.63. The fraction of sp³-hybridized carbons (Fsp3) is 0.700. The van der Waals surface area contributed by atoms with E-state index in [9.17, 15) is 8.78 Å². The monoisotopic (exact) mass is 232 g/mol. The lowest BCUT2D eigenvalue weighted by molar-refractivity contribution is 0.0132. The van der Waals surface area contributed by atoms with Gasteiger partial charge in [0.05, 0.1) is 5.01 Å². The van der Waals surface area contributed by atoms with Crippen molar-refractivity contribution in [1.29, 1.82) is 0 Å². The van der Waals surface area contributed by atoms with Gasteiger partial charge >= 0.3 is 0 Å². The maximum Gasteiger partial charge on any atom is 0.287 e. The summed E-state index contributed by atoms with van der Waals surface area (Å²) in [4.78, 5) is 3.99. The van der Waals surface area contributed by atoms with E-state index in [0.29, 0.717) is 5.92 Å². The fourth-order valence-electron chi connectivity index (χ4n) is 1.74. The van der Waals surface area contributed by atoms with Crippen molar-refractivity contribution in [2.45, 2.75) is 25.7 Å². The van der Waals surface area contributed by atoms with Gasteiger partial charge in [-0.2, -0.15) is 8.78 Å². The van der Waals surface area contributed by atoms with Crippen LogP contribution in [0.5, 0.6) is 0 Å². The Morgan fingerprint density at radius 3 is 3.00 bits per heavy atom. The number of nitrogens with zero attached hydrogens (tertiary/aromatic N) is 1. The first-order valence-corrected chi connectivity index (χ1v) is 5.97. The minimum Gasteiger partial charge on any atom is -0.316 e. The first kappa shape index (κ1) is 11.0. The second kappa shape index (κ2) is 4.14. The SMILES string of the molecule is CC(F)(F)c1csc(CC2CCNC2)n1. The van der Waals surface area contributed by atoms with E-state index in [-0.39, 0.29) is 5.69 Å². The summed E-state index contributed by atoms with van der Waals surface area (Å²) in [7, 11) is 0. The second-order valence-electron chi connectivity index (χ2n) is 4.08. The second-order valence-corrected chi connectivity index (χ2v) is 5.02. The van der Waals surface area contributed by atoms with Crippen molar-refractivity contribution in [2.75, 3.05) is 13.1 Å². The van der Waals surface area contributed by atoms with Crippen LogP contribution in [-0.4, -0.2) is 18.1 Å². The van der Waals surface area contributed by atoms with Gasteiger partial charge in [0.1, 0.15) is 5.69 Å². The predicted molar refractivity (Wildman–Crippen MR) is 56.4 cm³/mol. The van der Waals surface area contributed by atoms with Crippen LogP contribution in [0.4, 0.5) is 8.78 Å². The van der Waals surface area contributed by atoms with E-state index in [1.807, 2.05) is 0 Å². The molecule has 2 nitrogen and oxygen atoms in total. The standard InChI is InChI=1S/C10H14F2N2S/c1-10(11,12)8-6-15-9(14-8)4-7-2-3-13-5-7/h6-7,13H,2-5H2,1H3. The van der Waals surface area contributed by atoms with Crippen molar-refractivity contribution < 1.29 is 8.78 Å². The Labute approximate surface area is 91.7 Å². The van der Waals surface area contributed by atoms with Crippen LogP contribution in [0.1, 0.15) is 24.0 Å². The smallest absolute Gasteiger partial charge is 0.287 e. The van der Waals surface area contributed by atoms with Crippen LogP contribution in [0.25, 0.3) is 0 Å². The molecular weight excluding hydrogens is 218 g/mol. The number of hydrogen-bond donors (Lipinski definition) is 1. The summed E-state index contributed by atoms with van der Waals surface area (Å²) in [5.74, 6) is -2.24. The summed E-state index contributed by atoms with van der Waals surface area (Å²) in [5.41, 5.74) is -0.0894. The molecule has 84 valence electrons. The van der Waals surface area contributed by atoms with Crippen LogP contribution < -0.4 is 5.32 Å². The lowest BCUT2D eigenvalue weighted by Gasteiger charge is -2.06. The van der Waals surface area contributed by atoms with Crippen LogP contribution in [0.15, 0.2) is 5.38 Å². The highest BCUT2D eigenvalue weighted by Crippen LogP contribution is 2.29. The molecule has 1 fully saturated rings. The summed E-state index contributed by atoms with van der Waals surface area (Å²) < 4.78 is 25.8. The van der Waals surface area contributed by atoms with Gasteiger partial charge in [-0.25, -0.2) is 4.98 Å². The summed E-state index contributed by atoms with van der Waals surface area (Å²) in [5, 5.41) is 5.56. The molecule has 0 saturated carbocycles. The Hall–Kier alpha value is -0.550. The lowest BCUT2D eigenvalue weighted by Crippen LogP contribution is -2.11. The largest absolute Gasteiger partial charge is 0.316 e. The van der Waals surface area contributed by atoms with Gasteiger partial charge in [0.25, 0.3) is 5.92 Å². The van der Waals surface area contributed by atoms with Crippen molar-refractivity contribution >= 4 is 11.3 Å². The van der Waals surface area contributed by atoms with Gasteiger partial charge in [-0.3, -0.25) is 0 Å². The molecule has 1 aromatic heterocycles. The Balaban J connectivity index is 2.00. The molecule has 0 amide bonds. The van der Waals surface area contributed by atoms with Crippen LogP contribution in [0.3, 0.4) is 0 Å². The lowest BCUT2D eigenvalue weighted by atomic mass is 10.1. The summed E-state index contributed by atoms with van der Waals surface area (Å²) >= 11 is 1.34. The molecule has 0 aliphatic carbocycles. The van der Waals surface area contributed by atoms with Gasteiger partial charge in [-0.05, 0) is 25.4 Å². The van der Waals surface area contributed by atoms with Crippen molar-refractivity contribution in [3.8, 4) is 0 Å². The molecule has 1 aromatic rings. The highest BCUT2D eigenvalue weighted by molar-refractivity contribution is 7.09. The van der Waals surface area contributed by atoms with E-state index in [2.05, 4.69) is 10.3 Å². The molecule has 0 radical (unpaired) electrons. The molecule has 1 aliphatic heterocycles. The highest BCUT2D eigenvalue weighted by Gasteiger charge is 2.28. The summed E-state index contributed by atoms with van der Waals surface area (Å²) in [6.45, 7) is 2.91. The fourth-order valence-corrected chi connectivity index (χ4v) is 2.73. The molecule has 2 rings (SSSR count). The maximum absolute atomic E-state index is 12.9. The molecule has 1 unspecified atom stereocenters. The number of hydrogen-bond acceptors (Lipinski definition) is 3. The minimum atomic E-state index is -2.80. The zero-order valence-corrected chi connectivity index (χ0v) is 9.41. The summed E-state index contributed by atoms with van der Waals surface area (Å²) in [6, 6.07) is 0. The number of alkyl halides is 2. The van der Waals surface area contributed by atoms with Crippen LogP contribution >= 0.6 is 11.3 Å². The molecule has 1 aliphatic rings. The van der Waals surface area contributed by atoms with Crippen molar-refractivity contribution in [3.63, 3.8) is 0 Å². The molecular formula is C10H14F2N2S. The number of rotatable bonds is 3. The van der Waals surface area contributed by atoms with Gasteiger partial charge in [0.2, 0.25) is 0 Å². The maximum atomic E-state index is 12.9. The van der Waals surface area contributed by atoms with Crippen molar-refractivity contribution in [2.24, 2.45) is 5.92 Å². The third kappa shape index (κ3) is 2.72. The number of aromatic nitrogens is 1. The van der Waals surface area contributed by atoms with E-state index in [4.69, 9.17) is 0 Å². The molecule has 1 N–H and O–H groups in total. The molecule has 0 aromatic carbocycles. The van der Waals surface area contributed by atoms with Gasteiger partial charge in [-0.1, -0.05) is 0 Å². The van der Waals surface area contributed by atoms with Crippen LogP contribution in [-0.2, 0) is 12.3 Å². The average molecular weight is 232 g/mol. The Morgan fingerprint density at radius 2 is 2.47 bits per heavy atom. The molecule has 0 bridgehead atoms. The third-order valence-corrected chi connectivity index (χ3v) is 3.50. The normalized spacial score (nSPS) is 22.2. The van der Waals surface area contributed by atoms with E-state index >= 15 is 0 Å². The van der Waals surface area contributed by atoms with Crippen molar-refractivity contribution in [3.05, 3.63) is 16.1 Å². The Kier molecular flexibility index (Phi) is 3.02. The zero-order chi connectivity index (χ0) is 10.9. The first-order valence-electron chi connectivity index (χ1n) is 5.09. The van der Waals surface area contributed by atoms with Gasteiger partial charge in [0, 0.05) is 18.7 Å². The number of nitrogens with one attached hydrogen (secondary N) is 1.